The molecule has 5 heteroatoms. The Hall–Kier alpha value is -1.59. The van der Waals surface area contributed by atoms with E-state index in [1.165, 1.54) is 0 Å². The van der Waals surface area contributed by atoms with Crippen LogP contribution in [0, 0.1) is 0 Å². The molecule has 2 unspecified atom stereocenters. The minimum atomic E-state index is -0.278. The van der Waals surface area contributed by atoms with E-state index in [0.717, 1.165) is 11.3 Å². The Labute approximate surface area is 126 Å². The Morgan fingerprint density at radius 1 is 1.38 bits per heavy atom. The number of rotatable bonds is 5. The van der Waals surface area contributed by atoms with Gasteiger partial charge in [-0.15, -0.1) is 0 Å². The lowest BCUT2D eigenvalue weighted by Crippen LogP contribution is -2.51. The molecule has 116 valence electrons. The van der Waals surface area contributed by atoms with E-state index in [-0.39, 0.29) is 24.1 Å². The first-order valence-corrected chi connectivity index (χ1v) is 7.45. The summed E-state index contributed by atoms with van der Waals surface area (Å²) in [5.74, 6) is 0.773. The van der Waals surface area contributed by atoms with Gasteiger partial charge in [0.25, 0.3) is 0 Å². The quantitative estimate of drug-likeness (QED) is 0.866. The van der Waals surface area contributed by atoms with Crippen molar-refractivity contribution in [3.05, 3.63) is 29.8 Å². The zero-order valence-corrected chi connectivity index (χ0v) is 12.9. The summed E-state index contributed by atoms with van der Waals surface area (Å²) in [6.45, 7) is 7.73. The van der Waals surface area contributed by atoms with Crippen LogP contribution in [0.1, 0.15) is 32.4 Å². The minimum Gasteiger partial charge on any atom is -0.491 e. The number of amides is 1. The maximum Gasteiger partial charge on any atom is 0.240 e. The zero-order chi connectivity index (χ0) is 15.2. The lowest BCUT2D eigenvalue weighted by atomic mass is 10.1. The topological polar surface area (TPSA) is 59.6 Å². The monoisotopic (exact) mass is 292 g/mol. The average molecular weight is 292 g/mol. The molecule has 1 saturated heterocycles. The van der Waals surface area contributed by atoms with Gasteiger partial charge in [-0.25, -0.2) is 0 Å². The maximum atomic E-state index is 12.2. The van der Waals surface area contributed by atoms with E-state index >= 15 is 0 Å². The van der Waals surface area contributed by atoms with Crippen molar-refractivity contribution < 1.29 is 14.3 Å². The van der Waals surface area contributed by atoms with Gasteiger partial charge in [0.1, 0.15) is 11.8 Å². The molecule has 1 fully saturated rings. The number of benzene rings is 1. The molecule has 0 saturated carbocycles. The van der Waals surface area contributed by atoms with Gasteiger partial charge in [-0.1, -0.05) is 18.2 Å². The van der Waals surface area contributed by atoms with Crippen molar-refractivity contribution in [2.75, 3.05) is 19.8 Å². The molecule has 2 rings (SSSR count). The molecule has 0 aromatic heterocycles. The Bertz CT molecular complexity index is 470. The predicted octanol–water partition coefficient (Wildman–Crippen LogP) is 1.64. The van der Waals surface area contributed by atoms with Gasteiger partial charge in [0.05, 0.1) is 25.4 Å². The molecule has 0 bridgehead atoms. The predicted molar refractivity (Wildman–Crippen MR) is 81.4 cm³/mol. The van der Waals surface area contributed by atoms with Crippen LogP contribution in [0.3, 0.4) is 0 Å². The molecule has 0 spiro atoms. The number of morpholine rings is 1. The van der Waals surface area contributed by atoms with Gasteiger partial charge in [-0.3, -0.25) is 4.79 Å². The van der Waals surface area contributed by atoms with Crippen LogP contribution in [0.2, 0.25) is 0 Å². The third-order valence-electron chi connectivity index (χ3n) is 3.35. The summed E-state index contributed by atoms with van der Waals surface area (Å²) in [4.78, 5) is 12.2. The van der Waals surface area contributed by atoms with Crippen molar-refractivity contribution in [1.82, 2.24) is 10.6 Å². The van der Waals surface area contributed by atoms with Gasteiger partial charge in [0, 0.05) is 12.1 Å². The van der Waals surface area contributed by atoms with Crippen LogP contribution >= 0.6 is 0 Å². The molecule has 1 aromatic rings. The fraction of sp³-hybridized carbons (Fsp3) is 0.562. The smallest absolute Gasteiger partial charge is 0.240 e. The molecule has 0 radical (unpaired) electrons. The molecular formula is C16H24N2O3. The standard InChI is InChI=1S/C16H24N2O3/c1-11(2)21-15-7-5-4-6-13(15)12(3)18-16(19)14-10-20-9-8-17-14/h4-7,11-12,14,17H,8-10H2,1-3H3,(H,18,19). The summed E-state index contributed by atoms with van der Waals surface area (Å²) in [5, 5.41) is 6.17. The Morgan fingerprint density at radius 2 is 2.14 bits per heavy atom. The highest BCUT2D eigenvalue weighted by atomic mass is 16.5. The molecule has 1 aliphatic heterocycles. The van der Waals surface area contributed by atoms with Gasteiger partial charge < -0.3 is 20.1 Å². The largest absolute Gasteiger partial charge is 0.491 e. The molecule has 1 aromatic carbocycles. The van der Waals surface area contributed by atoms with E-state index in [1.807, 2.05) is 45.0 Å². The van der Waals surface area contributed by atoms with Gasteiger partial charge in [-0.05, 0) is 26.8 Å². The summed E-state index contributed by atoms with van der Waals surface area (Å²) >= 11 is 0. The van der Waals surface area contributed by atoms with E-state index in [0.29, 0.717) is 19.8 Å². The molecule has 2 N–H and O–H groups in total. The van der Waals surface area contributed by atoms with Crippen LogP contribution in [0.4, 0.5) is 0 Å². The Morgan fingerprint density at radius 3 is 2.81 bits per heavy atom. The van der Waals surface area contributed by atoms with E-state index in [4.69, 9.17) is 9.47 Å². The second kappa shape index (κ2) is 7.43. The molecule has 21 heavy (non-hydrogen) atoms. The van der Waals surface area contributed by atoms with E-state index < -0.39 is 0 Å². The van der Waals surface area contributed by atoms with Crippen molar-refractivity contribution in [1.29, 1.82) is 0 Å². The average Bonchev–Trinajstić information content (AvgIpc) is 2.48. The van der Waals surface area contributed by atoms with Crippen LogP contribution in [0.5, 0.6) is 5.75 Å². The number of hydrogen-bond acceptors (Lipinski definition) is 4. The maximum absolute atomic E-state index is 12.2. The third-order valence-corrected chi connectivity index (χ3v) is 3.35. The second-order valence-electron chi connectivity index (χ2n) is 5.52. The van der Waals surface area contributed by atoms with Crippen molar-refractivity contribution >= 4 is 5.91 Å². The summed E-state index contributed by atoms with van der Waals surface area (Å²) in [6.07, 6.45) is 0.0995. The number of nitrogens with one attached hydrogen (secondary N) is 2. The third kappa shape index (κ3) is 4.44. The fourth-order valence-electron chi connectivity index (χ4n) is 2.33. The zero-order valence-electron chi connectivity index (χ0n) is 12.9. The number of para-hydroxylation sites is 1. The van der Waals surface area contributed by atoms with Crippen LogP contribution < -0.4 is 15.4 Å². The Kier molecular flexibility index (Phi) is 5.59. The number of hydrogen-bond donors (Lipinski definition) is 2. The van der Waals surface area contributed by atoms with E-state index in [1.54, 1.807) is 0 Å². The molecule has 1 aliphatic rings. The van der Waals surface area contributed by atoms with E-state index in [2.05, 4.69) is 10.6 Å². The summed E-state index contributed by atoms with van der Waals surface area (Å²) < 4.78 is 11.1. The summed E-state index contributed by atoms with van der Waals surface area (Å²) in [7, 11) is 0. The minimum absolute atomic E-state index is 0.0402. The van der Waals surface area contributed by atoms with Crippen LogP contribution in [0.25, 0.3) is 0 Å². The normalized spacial score (nSPS) is 20.1. The second-order valence-corrected chi connectivity index (χ2v) is 5.52. The van der Waals surface area contributed by atoms with Crippen LogP contribution in [-0.4, -0.2) is 37.8 Å². The SMILES string of the molecule is CC(C)Oc1ccccc1C(C)NC(=O)C1COCCN1. The lowest BCUT2D eigenvalue weighted by molar-refractivity contribution is -0.126. The number of ether oxygens (including phenoxy) is 2. The summed E-state index contributed by atoms with van der Waals surface area (Å²) in [6, 6.07) is 7.41. The number of carbonyl (C=O) groups excluding carboxylic acids is 1. The number of carbonyl (C=O) groups is 1. The molecule has 1 heterocycles. The molecule has 5 nitrogen and oxygen atoms in total. The molecule has 2 atom stereocenters. The van der Waals surface area contributed by atoms with Gasteiger partial charge in [0.2, 0.25) is 5.91 Å². The van der Waals surface area contributed by atoms with Crippen molar-refractivity contribution in [3.63, 3.8) is 0 Å². The van der Waals surface area contributed by atoms with Gasteiger partial charge >= 0.3 is 0 Å². The molecular weight excluding hydrogens is 268 g/mol. The van der Waals surface area contributed by atoms with Gasteiger partial charge in [0.15, 0.2) is 0 Å². The highest BCUT2D eigenvalue weighted by Gasteiger charge is 2.23. The van der Waals surface area contributed by atoms with Crippen LogP contribution in [-0.2, 0) is 9.53 Å². The first-order chi connectivity index (χ1) is 10.1. The Balaban J connectivity index is 2.02. The lowest BCUT2D eigenvalue weighted by Gasteiger charge is -2.25. The molecule has 0 aliphatic carbocycles. The highest BCUT2D eigenvalue weighted by molar-refractivity contribution is 5.82. The fourth-order valence-corrected chi connectivity index (χ4v) is 2.33. The first-order valence-electron chi connectivity index (χ1n) is 7.45. The van der Waals surface area contributed by atoms with Crippen molar-refractivity contribution in [2.24, 2.45) is 0 Å². The van der Waals surface area contributed by atoms with Crippen molar-refractivity contribution in [3.8, 4) is 5.75 Å². The van der Waals surface area contributed by atoms with Gasteiger partial charge in [-0.2, -0.15) is 0 Å². The van der Waals surface area contributed by atoms with Crippen LogP contribution in [0.15, 0.2) is 24.3 Å². The summed E-state index contributed by atoms with van der Waals surface area (Å²) in [5.41, 5.74) is 0.983. The first kappa shape index (κ1) is 15.8. The van der Waals surface area contributed by atoms with E-state index in [9.17, 15) is 4.79 Å². The van der Waals surface area contributed by atoms with Crippen molar-refractivity contribution in [2.45, 2.75) is 39.0 Å². The molecule has 1 amide bonds. The highest BCUT2D eigenvalue weighted by Crippen LogP contribution is 2.25.